The number of hydrogen-bond acceptors (Lipinski definition) is 4. The predicted molar refractivity (Wildman–Crippen MR) is 71.4 cm³/mol. The molecule has 2 heterocycles. The van der Waals surface area contributed by atoms with Crippen LogP contribution in [0, 0.1) is 0 Å². The fourth-order valence-corrected chi connectivity index (χ4v) is 3.01. The van der Waals surface area contributed by atoms with Crippen LogP contribution in [0.25, 0.3) is 11.0 Å². The number of carbonyl (C=O) groups excluding carboxylic acids is 1. The van der Waals surface area contributed by atoms with Gasteiger partial charge in [-0.25, -0.2) is 4.79 Å². The summed E-state index contributed by atoms with van der Waals surface area (Å²) in [5, 5.41) is 9.87. The molecule has 0 aliphatic carbocycles. The average molecular weight is 277 g/mol. The zero-order chi connectivity index (χ0) is 13.4. The van der Waals surface area contributed by atoms with Gasteiger partial charge >= 0.3 is 5.97 Å². The second-order valence-corrected chi connectivity index (χ2v) is 5.28. The van der Waals surface area contributed by atoms with E-state index in [0.717, 1.165) is 5.75 Å². The topological polar surface area (TPSA) is 70.8 Å². The second-order valence-electron chi connectivity index (χ2n) is 4.24. The standard InChI is InChI=1S/C13H11NO4S/c15-12(16)11-8-3-1-2-4-9(8)18-10(11)7-14-5-6-19-13(14)17/h1-4H,5-7H2,(H,15,16). The number of carbonyl (C=O) groups is 2. The fraction of sp³-hybridized carbons (Fsp3) is 0.231. The van der Waals surface area contributed by atoms with Gasteiger partial charge in [-0.05, 0) is 6.07 Å². The van der Waals surface area contributed by atoms with Crippen molar-refractivity contribution in [2.75, 3.05) is 12.3 Å². The Kier molecular flexibility index (Phi) is 2.94. The lowest BCUT2D eigenvalue weighted by Gasteiger charge is -2.12. The molecule has 0 radical (unpaired) electrons. The second kappa shape index (κ2) is 4.62. The minimum atomic E-state index is -1.03. The van der Waals surface area contributed by atoms with Crippen LogP contribution < -0.4 is 0 Å². The third kappa shape index (κ3) is 2.08. The van der Waals surface area contributed by atoms with Gasteiger partial charge in [0.05, 0.1) is 6.54 Å². The van der Waals surface area contributed by atoms with Crippen LogP contribution in [-0.2, 0) is 6.54 Å². The maximum absolute atomic E-state index is 11.6. The summed E-state index contributed by atoms with van der Waals surface area (Å²) in [6.45, 7) is 0.835. The van der Waals surface area contributed by atoms with Crippen molar-refractivity contribution in [2.24, 2.45) is 0 Å². The van der Waals surface area contributed by atoms with Crippen molar-refractivity contribution in [3.05, 3.63) is 35.6 Å². The Bertz CT molecular complexity index is 664. The molecule has 6 heteroatoms. The molecule has 1 saturated heterocycles. The summed E-state index contributed by atoms with van der Waals surface area (Å²) in [6, 6.07) is 7.00. The van der Waals surface area contributed by atoms with E-state index in [0.29, 0.717) is 23.3 Å². The smallest absolute Gasteiger partial charge is 0.339 e. The van der Waals surface area contributed by atoms with E-state index in [1.807, 2.05) is 0 Å². The first-order chi connectivity index (χ1) is 9.16. The van der Waals surface area contributed by atoms with E-state index in [1.54, 1.807) is 29.2 Å². The van der Waals surface area contributed by atoms with Crippen molar-refractivity contribution in [1.82, 2.24) is 4.90 Å². The Morgan fingerprint density at radius 3 is 2.89 bits per heavy atom. The number of thioether (sulfide) groups is 1. The molecule has 1 aliphatic rings. The number of nitrogens with zero attached hydrogens (tertiary/aromatic N) is 1. The van der Waals surface area contributed by atoms with E-state index in [2.05, 4.69) is 0 Å². The van der Waals surface area contributed by atoms with Crippen LogP contribution >= 0.6 is 11.8 Å². The lowest BCUT2D eigenvalue weighted by Crippen LogP contribution is -2.23. The Morgan fingerprint density at radius 2 is 2.21 bits per heavy atom. The van der Waals surface area contributed by atoms with E-state index in [9.17, 15) is 14.7 Å². The molecule has 19 heavy (non-hydrogen) atoms. The number of hydrogen-bond donors (Lipinski definition) is 1. The van der Waals surface area contributed by atoms with Crippen molar-refractivity contribution in [3.63, 3.8) is 0 Å². The minimum Gasteiger partial charge on any atom is -0.478 e. The highest BCUT2D eigenvalue weighted by Crippen LogP contribution is 2.28. The van der Waals surface area contributed by atoms with Gasteiger partial charge in [0.25, 0.3) is 5.24 Å². The van der Waals surface area contributed by atoms with Crippen LogP contribution in [0.2, 0.25) is 0 Å². The van der Waals surface area contributed by atoms with Crippen LogP contribution in [0.15, 0.2) is 28.7 Å². The molecule has 2 aromatic rings. The molecule has 0 spiro atoms. The first-order valence-electron chi connectivity index (χ1n) is 5.82. The van der Waals surface area contributed by atoms with Gasteiger partial charge in [0.2, 0.25) is 0 Å². The number of rotatable bonds is 3. The predicted octanol–water partition coefficient (Wildman–Crippen LogP) is 2.80. The van der Waals surface area contributed by atoms with Crippen LogP contribution in [-0.4, -0.2) is 33.5 Å². The molecular weight excluding hydrogens is 266 g/mol. The molecule has 0 unspecified atom stereocenters. The van der Waals surface area contributed by atoms with Gasteiger partial charge in [0.1, 0.15) is 16.9 Å². The molecule has 3 rings (SSSR count). The van der Waals surface area contributed by atoms with Crippen LogP contribution in [0.3, 0.4) is 0 Å². The van der Waals surface area contributed by atoms with Gasteiger partial charge < -0.3 is 14.4 Å². The SMILES string of the molecule is O=C(O)c1c(CN2CCSC2=O)oc2ccccc12. The van der Waals surface area contributed by atoms with Gasteiger partial charge in [-0.3, -0.25) is 4.79 Å². The number of amides is 1. The molecule has 0 atom stereocenters. The average Bonchev–Trinajstić information content (AvgIpc) is 2.93. The number of carboxylic acid groups (broad SMARTS) is 1. The quantitative estimate of drug-likeness (QED) is 0.934. The Balaban J connectivity index is 2.04. The monoisotopic (exact) mass is 277 g/mol. The zero-order valence-electron chi connectivity index (χ0n) is 9.96. The lowest BCUT2D eigenvalue weighted by molar-refractivity contribution is 0.0695. The summed E-state index contributed by atoms with van der Waals surface area (Å²) in [5.41, 5.74) is 0.689. The van der Waals surface area contributed by atoms with Gasteiger partial charge in [0.15, 0.2) is 0 Å². The molecule has 1 fully saturated rings. The fourth-order valence-electron chi connectivity index (χ4n) is 2.18. The summed E-state index contributed by atoms with van der Waals surface area (Å²) < 4.78 is 5.59. The number of fused-ring (bicyclic) bond motifs is 1. The third-order valence-corrected chi connectivity index (χ3v) is 3.95. The maximum Gasteiger partial charge on any atom is 0.339 e. The highest BCUT2D eigenvalue weighted by atomic mass is 32.2. The molecule has 5 nitrogen and oxygen atoms in total. The van der Waals surface area contributed by atoms with Crippen LogP contribution in [0.4, 0.5) is 4.79 Å². The van der Waals surface area contributed by atoms with E-state index in [-0.39, 0.29) is 17.3 Å². The molecule has 1 aromatic heterocycles. The Labute approximate surface area is 113 Å². The van der Waals surface area contributed by atoms with E-state index >= 15 is 0 Å². The van der Waals surface area contributed by atoms with Crippen molar-refractivity contribution < 1.29 is 19.1 Å². The number of aromatic carboxylic acids is 1. The summed E-state index contributed by atoms with van der Waals surface area (Å²) in [6.07, 6.45) is 0. The van der Waals surface area contributed by atoms with Crippen molar-refractivity contribution >= 4 is 33.9 Å². The summed E-state index contributed by atoms with van der Waals surface area (Å²) in [7, 11) is 0. The molecule has 0 bridgehead atoms. The van der Waals surface area contributed by atoms with Crippen LogP contribution in [0.5, 0.6) is 0 Å². The van der Waals surface area contributed by atoms with Gasteiger partial charge in [0, 0.05) is 17.7 Å². The first-order valence-corrected chi connectivity index (χ1v) is 6.81. The number of carboxylic acids is 1. The summed E-state index contributed by atoms with van der Waals surface area (Å²) in [5.74, 6) is 0.0466. The molecule has 1 N–H and O–H groups in total. The lowest BCUT2D eigenvalue weighted by atomic mass is 10.1. The Hall–Kier alpha value is -1.95. The van der Waals surface area contributed by atoms with Crippen molar-refractivity contribution in [2.45, 2.75) is 6.54 Å². The molecule has 1 amide bonds. The minimum absolute atomic E-state index is 0.0307. The van der Waals surface area contributed by atoms with Gasteiger partial charge in [-0.1, -0.05) is 30.0 Å². The number of furan rings is 1. The van der Waals surface area contributed by atoms with Gasteiger partial charge in [-0.2, -0.15) is 0 Å². The first kappa shape index (κ1) is 12.1. The molecule has 1 aromatic carbocycles. The molecule has 0 saturated carbocycles. The van der Waals surface area contributed by atoms with E-state index < -0.39 is 5.97 Å². The van der Waals surface area contributed by atoms with Gasteiger partial charge in [-0.15, -0.1) is 0 Å². The summed E-state index contributed by atoms with van der Waals surface area (Å²) >= 11 is 1.24. The molecule has 98 valence electrons. The largest absolute Gasteiger partial charge is 0.478 e. The Morgan fingerprint density at radius 1 is 1.42 bits per heavy atom. The van der Waals surface area contributed by atoms with Crippen LogP contribution in [0.1, 0.15) is 16.1 Å². The number of para-hydroxylation sites is 1. The third-order valence-electron chi connectivity index (χ3n) is 3.06. The highest BCUT2D eigenvalue weighted by molar-refractivity contribution is 8.13. The van der Waals surface area contributed by atoms with Crippen molar-refractivity contribution in [1.29, 1.82) is 0 Å². The normalized spacial score (nSPS) is 15.4. The van der Waals surface area contributed by atoms with E-state index in [1.165, 1.54) is 11.8 Å². The molecule has 1 aliphatic heterocycles. The zero-order valence-corrected chi connectivity index (χ0v) is 10.8. The molecular formula is C13H11NO4S. The number of benzene rings is 1. The highest BCUT2D eigenvalue weighted by Gasteiger charge is 2.26. The summed E-state index contributed by atoms with van der Waals surface area (Å²) in [4.78, 5) is 24.6. The maximum atomic E-state index is 11.6. The van der Waals surface area contributed by atoms with E-state index in [4.69, 9.17) is 4.42 Å². The van der Waals surface area contributed by atoms with Crippen molar-refractivity contribution in [3.8, 4) is 0 Å².